The molecule has 142 valence electrons. The number of rotatable bonds is 6. The van der Waals surface area contributed by atoms with Crippen molar-refractivity contribution in [3.05, 3.63) is 56.7 Å². The van der Waals surface area contributed by atoms with Gasteiger partial charge in [0.2, 0.25) is 0 Å². The highest BCUT2D eigenvalue weighted by atomic mass is 127. The van der Waals surface area contributed by atoms with E-state index in [1.165, 1.54) is 11.1 Å². The highest BCUT2D eigenvalue weighted by Gasteiger charge is 2.23. The first kappa shape index (κ1) is 20.2. The summed E-state index contributed by atoms with van der Waals surface area (Å²) in [6.07, 6.45) is 0.899. The van der Waals surface area contributed by atoms with Crippen molar-refractivity contribution in [3.63, 3.8) is 0 Å². The first-order valence-corrected chi connectivity index (χ1v) is 10.8. The molecule has 4 nitrogen and oxygen atoms in total. The van der Waals surface area contributed by atoms with Gasteiger partial charge in [0.1, 0.15) is 0 Å². The minimum atomic E-state index is 0.0205. The molecule has 0 atom stereocenters. The Morgan fingerprint density at radius 2 is 1.89 bits per heavy atom. The van der Waals surface area contributed by atoms with Gasteiger partial charge in [0.05, 0.1) is 15.8 Å². The second kappa shape index (κ2) is 8.67. The van der Waals surface area contributed by atoms with Crippen LogP contribution < -0.4 is 4.90 Å². The molecule has 1 aromatic heterocycles. The number of aromatic nitrogens is 1. The van der Waals surface area contributed by atoms with E-state index in [2.05, 4.69) is 67.6 Å². The second-order valence-electron chi connectivity index (χ2n) is 7.02. The Bertz CT molecular complexity index is 967. The van der Waals surface area contributed by atoms with Crippen LogP contribution in [0.25, 0.3) is 10.2 Å². The third kappa shape index (κ3) is 4.67. The summed E-state index contributed by atoms with van der Waals surface area (Å²) in [5, 5.41) is 0.780. The van der Waals surface area contributed by atoms with Crippen LogP contribution in [0.1, 0.15) is 27.9 Å². The maximum atomic E-state index is 13.3. The molecular weight excluding hydrogens is 469 g/mol. The molecule has 0 saturated heterocycles. The summed E-state index contributed by atoms with van der Waals surface area (Å²) in [7, 11) is 4.10. The topological polar surface area (TPSA) is 36.4 Å². The Morgan fingerprint density at radius 3 is 2.59 bits per heavy atom. The smallest absolute Gasteiger partial charge is 0.261 e. The Labute approximate surface area is 178 Å². The fourth-order valence-corrected chi connectivity index (χ4v) is 4.75. The zero-order valence-corrected chi connectivity index (χ0v) is 19.1. The zero-order valence-electron chi connectivity index (χ0n) is 16.1. The molecule has 6 heteroatoms. The van der Waals surface area contributed by atoms with Crippen molar-refractivity contribution in [2.75, 3.05) is 32.1 Å². The molecule has 1 amide bonds. The third-order valence-corrected chi connectivity index (χ3v) is 6.55. The van der Waals surface area contributed by atoms with E-state index in [-0.39, 0.29) is 5.91 Å². The lowest BCUT2D eigenvalue weighted by Gasteiger charge is -2.21. The van der Waals surface area contributed by atoms with Gasteiger partial charge in [0, 0.05) is 10.1 Å². The van der Waals surface area contributed by atoms with Crippen molar-refractivity contribution in [3.8, 4) is 0 Å². The Hall–Kier alpha value is -1.51. The first-order chi connectivity index (χ1) is 12.9. The van der Waals surface area contributed by atoms with Crippen molar-refractivity contribution < 1.29 is 4.79 Å². The first-order valence-electron chi connectivity index (χ1n) is 8.95. The zero-order chi connectivity index (χ0) is 19.6. The summed E-state index contributed by atoms with van der Waals surface area (Å²) < 4.78 is 2.12. The molecule has 3 rings (SSSR count). The number of anilines is 1. The van der Waals surface area contributed by atoms with Gasteiger partial charge in [-0.05, 0) is 92.8 Å². The highest BCUT2D eigenvalue weighted by Crippen LogP contribution is 2.33. The molecule has 2 aromatic carbocycles. The molecule has 0 unspecified atom stereocenters. The predicted octanol–water partition coefficient (Wildman–Crippen LogP) is 5.12. The van der Waals surface area contributed by atoms with Crippen molar-refractivity contribution in [1.82, 2.24) is 9.88 Å². The number of hydrogen-bond donors (Lipinski definition) is 0. The number of fused-ring (bicyclic) bond motifs is 1. The summed E-state index contributed by atoms with van der Waals surface area (Å²) in [5.74, 6) is 0.0205. The average molecular weight is 493 g/mol. The Morgan fingerprint density at radius 1 is 1.15 bits per heavy atom. The number of aryl methyl sites for hydroxylation is 2. The SMILES string of the molecule is Cc1cc(C)c2sc(N(CCCN(C)C)C(=O)c3ccccc3I)nc2c1. The summed E-state index contributed by atoms with van der Waals surface area (Å²) in [5.41, 5.74) is 4.11. The van der Waals surface area contributed by atoms with E-state index in [1.807, 2.05) is 29.2 Å². The molecule has 0 fully saturated rings. The lowest BCUT2D eigenvalue weighted by Crippen LogP contribution is -2.33. The molecule has 0 radical (unpaired) electrons. The Kier molecular flexibility index (Phi) is 6.49. The van der Waals surface area contributed by atoms with Crippen molar-refractivity contribution >= 4 is 55.2 Å². The number of carbonyl (C=O) groups is 1. The molecule has 0 aliphatic rings. The van der Waals surface area contributed by atoms with Crippen LogP contribution in [0.3, 0.4) is 0 Å². The summed E-state index contributed by atoms with van der Waals surface area (Å²) >= 11 is 3.83. The maximum Gasteiger partial charge on any atom is 0.261 e. The van der Waals surface area contributed by atoms with Crippen molar-refractivity contribution in [2.45, 2.75) is 20.3 Å². The van der Waals surface area contributed by atoms with Crippen molar-refractivity contribution in [2.24, 2.45) is 0 Å². The number of halogens is 1. The number of nitrogens with zero attached hydrogens (tertiary/aromatic N) is 3. The van der Waals surface area contributed by atoms with Crippen molar-refractivity contribution in [1.29, 1.82) is 0 Å². The van der Waals surface area contributed by atoms with Gasteiger partial charge in [-0.3, -0.25) is 9.69 Å². The molecule has 0 N–H and O–H groups in total. The summed E-state index contributed by atoms with van der Waals surface area (Å²) in [4.78, 5) is 22.1. The van der Waals surface area contributed by atoms with Crippen LogP contribution >= 0.6 is 33.9 Å². The quantitative estimate of drug-likeness (QED) is 0.448. The molecule has 0 bridgehead atoms. The van der Waals surface area contributed by atoms with Crippen LogP contribution in [-0.4, -0.2) is 43.0 Å². The minimum Gasteiger partial charge on any atom is -0.309 e. The van der Waals surface area contributed by atoms with Crippen LogP contribution in [0.4, 0.5) is 5.13 Å². The van der Waals surface area contributed by atoms with E-state index < -0.39 is 0 Å². The molecule has 27 heavy (non-hydrogen) atoms. The predicted molar refractivity (Wildman–Crippen MR) is 123 cm³/mol. The molecule has 0 spiro atoms. The van der Waals surface area contributed by atoms with E-state index in [0.29, 0.717) is 6.54 Å². The highest BCUT2D eigenvalue weighted by molar-refractivity contribution is 14.1. The number of benzene rings is 2. The van der Waals surface area contributed by atoms with Crippen LogP contribution in [0.5, 0.6) is 0 Å². The largest absolute Gasteiger partial charge is 0.309 e. The van der Waals surface area contributed by atoms with E-state index in [1.54, 1.807) is 11.3 Å². The third-order valence-electron chi connectivity index (χ3n) is 4.38. The van der Waals surface area contributed by atoms with Crippen LogP contribution in [0, 0.1) is 17.4 Å². The average Bonchev–Trinajstić information content (AvgIpc) is 3.02. The molecular formula is C21H24IN3OS. The van der Waals surface area contributed by atoms with Gasteiger partial charge >= 0.3 is 0 Å². The van der Waals surface area contributed by atoms with E-state index in [4.69, 9.17) is 4.98 Å². The van der Waals surface area contributed by atoms with Gasteiger partial charge in [-0.25, -0.2) is 4.98 Å². The second-order valence-corrected chi connectivity index (χ2v) is 9.16. The standard InChI is InChI=1S/C21H24IN3OS/c1-14-12-15(2)19-18(13-14)23-21(27-19)25(11-7-10-24(3)4)20(26)16-8-5-6-9-17(16)22/h5-6,8-9,12-13H,7,10-11H2,1-4H3. The van der Waals surface area contributed by atoms with Gasteiger partial charge in [-0.2, -0.15) is 0 Å². The summed E-state index contributed by atoms with van der Waals surface area (Å²) in [6, 6.07) is 12.0. The van der Waals surface area contributed by atoms with Crippen LogP contribution in [0.15, 0.2) is 36.4 Å². The monoisotopic (exact) mass is 493 g/mol. The Balaban J connectivity index is 2.00. The van der Waals surface area contributed by atoms with E-state index in [9.17, 15) is 4.79 Å². The number of thiazole rings is 1. The van der Waals surface area contributed by atoms with E-state index in [0.717, 1.165) is 37.4 Å². The molecule has 0 aliphatic carbocycles. The number of amides is 1. The maximum absolute atomic E-state index is 13.3. The molecule has 0 aliphatic heterocycles. The van der Waals surface area contributed by atoms with Crippen LogP contribution in [0.2, 0.25) is 0 Å². The lowest BCUT2D eigenvalue weighted by atomic mass is 10.1. The van der Waals surface area contributed by atoms with E-state index >= 15 is 0 Å². The van der Waals surface area contributed by atoms with Gasteiger partial charge in [-0.15, -0.1) is 0 Å². The fourth-order valence-electron chi connectivity index (χ4n) is 3.09. The van der Waals surface area contributed by atoms with Gasteiger partial charge in [0.25, 0.3) is 5.91 Å². The molecule has 0 saturated carbocycles. The van der Waals surface area contributed by atoms with Gasteiger partial charge in [0.15, 0.2) is 5.13 Å². The molecule has 1 heterocycles. The summed E-state index contributed by atoms with van der Waals surface area (Å²) in [6.45, 7) is 5.77. The minimum absolute atomic E-state index is 0.0205. The fraction of sp³-hybridized carbons (Fsp3) is 0.333. The van der Waals surface area contributed by atoms with Gasteiger partial charge in [-0.1, -0.05) is 29.5 Å². The molecule has 3 aromatic rings. The van der Waals surface area contributed by atoms with Gasteiger partial charge < -0.3 is 4.90 Å². The number of hydrogen-bond acceptors (Lipinski definition) is 4. The van der Waals surface area contributed by atoms with Crippen LogP contribution in [-0.2, 0) is 0 Å². The normalized spacial score (nSPS) is 11.3. The number of carbonyl (C=O) groups excluding carboxylic acids is 1. The lowest BCUT2D eigenvalue weighted by molar-refractivity contribution is 0.0985.